The van der Waals surface area contributed by atoms with E-state index in [0.29, 0.717) is 22.9 Å². The van der Waals surface area contributed by atoms with Gasteiger partial charge >= 0.3 is 0 Å². The number of methoxy groups -OCH3 is 2. The maximum absolute atomic E-state index is 11.9. The lowest BCUT2D eigenvalue weighted by Crippen LogP contribution is -2.25. The number of benzene rings is 2. The third-order valence-electron chi connectivity index (χ3n) is 3.46. The van der Waals surface area contributed by atoms with E-state index in [9.17, 15) is 9.59 Å². The molecule has 0 aliphatic rings. The second-order valence-corrected chi connectivity index (χ2v) is 5.42. The number of rotatable bonds is 8. The molecule has 0 saturated heterocycles. The van der Waals surface area contributed by atoms with Crippen LogP contribution >= 0.6 is 0 Å². The van der Waals surface area contributed by atoms with Crippen LogP contribution in [0.3, 0.4) is 0 Å². The van der Waals surface area contributed by atoms with Crippen molar-refractivity contribution in [2.75, 3.05) is 26.1 Å². The van der Waals surface area contributed by atoms with Crippen LogP contribution in [0.25, 0.3) is 0 Å². The van der Waals surface area contributed by atoms with Crippen molar-refractivity contribution in [3.8, 4) is 23.0 Å². The summed E-state index contributed by atoms with van der Waals surface area (Å²) in [5.74, 6) is 1.97. The largest absolute Gasteiger partial charge is 0.497 e. The Hall–Kier alpha value is -3.22. The van der Waals surface area contributed by atoms with Gasteiger partial charge in [0.2, 0.25) is 11.8 Å². The van der Waals surface area contributed by atoms with Gasteiger partial charge in [-0.15, -0.1) is 0 Å². The summed E-state index contributed by atoms with van der Waals surface area (Å²) in [5, 5.41) is 5.34. The van der Waals surface area contributed by atoms with Gasteiger partial charge in [-0.3, -0.25) is 9.59 Å². The third-order valence-corrected chi connectivity index (χ3v) is 3.46. The van der Waals surface area contributed by atoms with Gasteiger partial charge in [-0.2, -0.15) is 0 Å². The summed E-state index contributed by atoms with van der Waals surface area (Å²) in [7, 11) is 3.14. The summed E-state index contributed by atoms with van der Waals surface area (Å²) in [6.45, 7) is 1.69. The summed E-state index contributed by atoms with van der Waals surface area (Å²) < 4.78 is 16.3. The molecule has 0 bridgehead atoms. The predicted molar refractivity (Wildman–Crippen MR) is 98.0 cm³/mol. The van der Waals surface area contributed by atoms with E-state index in [4.69, 9.17) is 14.2 Å². The molecule has 7 heteroatoms. The molecule has 2 N–H and O–H groups in total. The molecule has 0 aliphatic carbocycles. The van der Waals surface area contributed by atoms with Gasteiger partial charge in [0.1, 0.15) is 11.5 Å². The summed E-state index contributed by atoms with van der Waals surface area (Å²) in [6.07, 6.45) is 0.181. The molecule has 2 aromatic rings. The first-order valence-corrected chi connectivity index (χ1v) is 8.06. The summed E-state index contributed by atoms with van der Waals surface area (Å²) in [5.41, 5.74) is 0.571. The van der Waals surface area contributed by atoms with Crippen molar-refractivity contribution in [1.82, 2.24) is 5.32 Å². The molecule has 138 valence electrons. The molecule has 0 aliphatic heterocycles. The molecule has 2 aromatic carbocycles. The molecule has 2 amide bonds. The minimum Gasteiger partial charge on any atom is -0.497 e. The fourth-order valence-electron chi connectivity index (χ4n) is 2.18. The molecule has 0 radical (unpaired) electrons. The Kier molecular flexibility index (Phi) is 6.84. The van der Waals surface area contributed by atoms with Crippen LogP contribution in [0, 0.1) is 0 Å². The van der Waals surface area contributed by atoms with Gasteiger partial charge in [0.15, 0.2) is 11.5 Å². The Labute approximate surface area is 152 Å². The SMILES string of the molecule is COc1ccc(Oc2cc(NC(=O)CCNC(C)=O)ccc2OC)cc1. The number of hydrogen-bond donors (Lipinski definition) is 2. The summed E-state index contributed by atoms with van der Waals surface area (Å²) in [4.78, 5) is 22.8. The van der Waals surface area contributed by atoms with Gasteiger partial charge in [0.05, 0.1) is 14.2 Å². The highest BCUT2D eigenvalue weighted by Gasteiger charge is 2.10. The van der Waals surface area contributed by atoms with E-state index >= 15 is 0 Å². The average Bonchev–Trinajstić information content (AvgIpc) is 2.62. The minimum absolute atomic E-state index is 0.169. The Morgan fingerprint density at radius 3 is 2.23 bits per heavy atom. The molecular weight excluding hydrogens is 336 g/mol. The molecule has 7 nitrogen and oxygen atoms in total. The second kappa shape index (κ2) is 9.31. The molecule has 0 spiro atoms. The van der Waals surface area contributed by atoms with Crippen LogP contribution in [0.15, 0.2) is 42.5 Å². The quantitative estimate of drug-likeness (QED) is 0.758. The van der Waals surface area contributed by atoms with E-state index < -0.39 is 0 Å². The molecule has 0 saturated carbocycles. The fraction of sp³-hybridized carbons (Fsp3) is 0.263. The first kappa shape index (κ1) is 19.1. The van der Waals surface area contributed by atoms with Crippen LogP contribution in [-0.4, -0.2) is 32.6 Å². The zero-order chi connectivity index (χ0) is 18.9. The van der Waals surface area contributed by atoms with Crippen LogP contribution in [-0.2, 0) is 9.59 Å². The fourth-order valence-corrected chi connectivity index (χ4v) is 2.18. The van der Waals surface area contributed by atoms with E-state index in [1.165, 1.54) is 6.92 Å². The first-order chi connectivity index (χ1) is 12.5. The number of ether oxygens (including phenoxy) is 3. The molecule has 0 fully saturated rings. The maximum atomic E-state index is 11.9. The zero-order valence-corrected chi connectivity index (χ0v) is 15.0. The van der Waals surface area contributed by atoms with Crippen LogP contribution in [0.1, 0.15) is 13.3 Å². The summed E-state index contributed by atoms with van der Waals surface area (Å²) >= 11 is 0. The van der Waals surface area contributed by atoms with Crippen LogP contribution in [0.2, 0.25) is 0 Å². The lowest BCUT2D eigenvalue weighted by molar-refractivity contribution is -0.119. The van der Waals surface area contributed by atoms with Gasteiger partial charge in [-0.25, -0.2) is 0 Å². The second-order valence-electron chi connectivity index (χ2n) is 5.42. The van der Waals surface area contributed by atoms with Crippen molar-refractivity contribution in [3.05, 3.63) is 42.5 Å². The van der Waals surface area contributed by atoms with E-state index in [2.05, 4.69) is 10.6 Å². The number of amides is 2. The number of hydrogen-bond acceptors (Lipinski definition) is 5. The highest BCUT2D eigenvalue weighted by Crippen LogP contribution is 2.34. The summed E-state index contributed by atoms with van der Waals surface area (Å²) in [6, 6.07) is 12.2. The molecule has 0 unspecified atom stereocenters. The van der Waals surface area contributed by atoms with Crippen molar-refractivity contribution < 1.29 is 23.8 Å². The lowest BCUT2D eigenvalue weighted by atomic mass is 10.2. The standard InChI is InChI=1S/C19H22N2O5/c1-13(22)20-11-10-19(23)21-14-4-9-17(25-3)18(12-14)26-16-7-5-15(24-2)6-8-16/h4-9,12H,10-11H2,1-3H3,(H,20,22)(H,21,23). The molecule has 26 heavy (non-hydrogen) atoms. The highest BCUT2D eigenvalue weighted by molar-refractivity contribution is 5.91. The maximum Gasteiger partial charge on any atom is 0.226 e. The van der Waals surface area contributed by atoms with Gasteiger partial charge in [0.25, 0.3) is 0 Å². The van der Waals surface area contributed by atoms with Gasteiger partial charge in [-0.1, -0.05) is 0 Å². The van der Waals surface area contributed by atoms with Crippen molar-refractivity contribution in [2.24, 2.45) is 0 Å². The van der Waals surface area contributed by atoms with Crippen molar-refractivity contribution in [2.45, 2.75) is 13.3 Å². The lowest BCUT2D eigenvalue weighted by Gasteiger charge is -2.13. The minimum atomic E-state index is -0.209. The van der Waals surface area contributed by atoms with E-state index in [-0.39, 0.29) is 24.8 Å². The molecule has 0 atom stereocenters. The Morgan fingerprint density at radius 1 is 0.923 bits per heavy atom. The third kappa shape index (κ3) is 5.70. The highest BCUT2D eigenvalue weighted by atomic mass is 16.5. The van der Waals surface area contributed by atoms with Gasteiger partial charge in [-0.05, 0) is 36.4 Å². The topological polar surface area (TPSA) is 85.9 Å². The Bertz CT molecular complexity index is 759. The van der Waals surface area contributed by atoms with Crippen molar-refractivity contribution >= 4 is 17.5 Å². The molecule has 0 heterocycles. The van der Waals surface area contributed by atoms with Crippen LogP contribution in [0.4, 0.5) is 5.69 Å². The molecule has 2 rings (SSSR count). The number of carbonyl (C=O) groups is 2. The van der Waals surface area contributed by atoms with E-state index in [0.717, 1.165) is 5.75 Å². The smallest absolute Gasteiger partial charge is 0.226 e. The zero-order valence-electron chi connectivity index (χ0n) is 15.0. The monoisotopic (exact) mass is 358 g/mol. The van der Waals surface area contributed by atoms with Gasteiger partial charge < -0.3 is 24.8 Å². The van der Waals surface area contributed by atoms with Gasteiger partial charge in [0, 0.05) is 31.6 Å². The number of carbonyl (C=O) groups excluding carboxylic acids is 2. The number of anilines is 1. The average molecular weight is 358 g/mol. The van der Waals surface area contributed by atoms with Crippen LogP contribution in [0.5, 0.6) is 23.0 Å². The number of nitrogens with one attached hydrogen (secondary N) is 2. The Morgan fingerprint density at radius 2 is 1.62 bits per heavy atom. The molecule has 0 aromatic heterocycles. The normalized spacial score (nSPS) is 9.96. The van der Waals surface area contributed by atoms with Crippen molar-refractivity contribution in [1.29, 1.82) is 0 Å². The van der Waals surface area contributed by atoms with E-state index in [1.807, 2.05) is 0 Å². The van der Waals surface area contributed by atoms with Crippen LogP contribution < -0.4 is 24.8 Å². The Balaban J connectivity index is 2.06. The van der Waals surface area contributed by atoms with Crippen molar-refractivity contribution in [3.63, 3.8) is 0 Å². The van der Waals surface area contributed by atoms with E-state index in [1.54, 1.807) is 56.7 Å². The predicted octanol–water partition coefficient (Wildman–Crippen LogP) is 2.96. The first-order valence-electron chi connectivity index (χ1n) is 8.06. The molecular formula is C19H22N2O5.